The Hall–Kier alpha value is -3.65. The molecule has 1 atom stereocenters. The minimum Gasteiger partial charge on any atom is -0.357 e. The van der Waals surface area contributed by atoms with Crippen molar-refractivity contribution in [2.75, 3.05) is 17.9 Å². The summed E-state index contributed by atoms with van der Waals surface area (Å²) in [5.41, 5.74) is 3.23. The van der Waals surface area contributed by atoms with Crippen LogP contribution in [0.5, 0.6) is 0 Å². The molecule has 0 aliphatic rings. The van der Waals surface area contributed by atoms with E-state index < -0.39 is 28.5 Å². The molecule has 0 radical (unpaired) electrons. The molecule has 1 unspecified atom stereocenters. The van der Waals surface area contributed by atoms with Gasteiger partial charge in [0.25, 0.3) is 10.0 Å². The van der Waals surface area contributed by atoms with Crippen molar-refractivity contribution < 1.29 is 18.0 Å². The van der Waals surface area contributed by atoms with Crippen LogP contribution < -0.4 is 9.62 Å². The van der Waals surface area contributed by atoms with E-state index in [9.17, 15) is 18.0 Å². The van der Waals surface area contributed by atoms with Crippen molar-refractivity contribution in [1.29, 1.82) is 0 Å². The summed E-state index contributed by atoms with van der Waals surface area (Å²) in [4.78, 5) is 28.1. The Kier molecular flexibility index (Phi) is 8.88. The molecule has 0 bridgehead atoms. The predicted molar refractivity (Wildman–Crippen MR) is 142 cm³/mol. The summed E-state index contributed by atoms with van der Waals surface area (Å²) in [6.07, 6.45) is 0.382. The maximum atomic E-state index is 13.8. The number of anilines is 1. The molecule has 7 nitrogen and oxygen atoms in total. The van der Waals surface area contributed by atoms with Crippen LogP contribution in [-0.4, -0.2) is 44.8 Å². The SMILES string of the molecule is CCC(C(=O)NC)N(Cc1cccc(C)c1)C(=O)CN(c1ccc(C)cc1)S(=O)(=O)c1ccccc1. The van der Waals surface area contributed by atoms with Gasteiger partial charge in [-0.05, 0) is 50.1 Å². The van der Waals surface area contributed by atoms with E-state index in [0.29, 0.717) is 12.1 Å². The fourth-order valence-corrected chi connectivity index (χ4v) is 5.49. The summed E-state index contributed by atoms with van der Waals surface area (Å²) < 4.78 is 28.5. The molecule has 1 N–H and O–H groups in total. The second-order valence-electron chi connectivity index (χ2n) is 8.71. The topological polar surface area (TPSA) is 86.8 Å². The predicted octanol–water partition coefficient (Wildman–Crippen LogP) is 4.05. The van der Waals surface area contributed by atoms with E-state index in [0.717, 1.165) is 21.0 Å². The van der Waals surface area contributed by atoms with Gasteiger partial charge in [0, 0.05) is 13.6 Å². The maximum absolute atomic E-state index is 13.8. The minimum atomic E-state index is -4.05. The first-order valence-electron chi connectivity index (χ1n) is 11.9. The van der Waals surface area contributed by atoms with E-state index in [-0.39, 0.29) is 17.3 Å². The molecule has 2 amide bonds. The molecule has 3 aromatic carbocycles. The first-order chi connectivity index (χ1) is 17.2. The van der Waals surface area contributed by atoms with Crippen LogP contribution in [-0.2, 0) is 26.2 Å². The number of benzene rings is 3. The number of aryl methyl sites for hydroxylation is 2. The Balaban J connectivity index is 2.04. The summed E-state index contributed by atoms with van der Waals surface area (Å²) in [5, 5.41) is 2.63. The number of hydrogen-bond acceptors (Lipinski definition) is 4. The van der Waals surface area contributed by atoms with E-state index in [1.54, 1.807) is 42.5 Å². The summed E-state index contributed by atoms with van der Waals surface area (Å²) >= 11 is 0. The van der Waals surface area contributed by atoms with Crippen LogP contribution in [0.3, 0.4) is 0 Å². The van der Waals surface area contributed by atoms with Crippen molar-refractivity contribution in [1.82, 2.24) is 10.2 Å². The highest BCUT2D eigenvalue weighted by atomic mass is 32.2. The molecule has 3 rings (SSSR count). The second-order valence-corrected chi connectivity index (χ2v) is 10.6. The Morgan fingerprint density at radius 3 is 2.14 bits per heavy atom. The Labute approximate surface area is 213 Å². The highest BCUT2D eigenvalue weighted by Gasteiger charge is 2.33. The van der Waals surface area contributed by atoms with Crippen LogP contribution in [0.2, 0.25) is 0 Å². The van der Waals surface area contributed by atoms with E-state index in [1.807, 2.05) is 45.0 Å². The molecule has 0 aliphatic carbocycles. The fourth-order valence-electron chi connectivity index (χ4n) is 4.05. The summed E-state index contributed by atoms with van der Waals surface area (Å²) in [5.74, 6) is -0.765. The van der Waals surface area contributed by atoms with Gasteiger partial charge in [0.2, 0.25) is 11.8 Å². The number of amides is 2. The molecule has 0 aliphatic heterocycles. The van der Waals surface area contributed by atoms with Gasteiger partial charge in [-0.25, -0.2) is 8.42 Å². The van der Waals surface area contributed by atoms with E-state index in [1.165, 1.54) is 24.1 Å². The fraction of sp³-hybridized carbons (Fsp3) is 0.286. The number of likely N-dealkylation sites (N-methyl/N-ethyl adjacent to an activating group) is 1. The van der Waals surface area contributed by atoms with Gasteiger partial charge in [0.1, 0.15) is 12.6 Å². The standard InChI is InChI=1S/C28H33N3O4S/c1-5-26(28(33)29-4)30(19-23-11-9-10-22(3)18-23)27(32)20-31(24-16-14-21(2)15-17-24)36(34,35)25-12-7-6-8-13-25/h6-18,26H,5,19-20H2,1-4H3,(H,29,33). The van der Waals surface area contributed by atoms with E-state index in [4.69, 9.17) is 0 Å². The number of carbonyl (C=O) groups is 2. The van der Waals surface area contributed by atoms with Gasteiger partial charge in [-0.1, -0.05) is 72.6 Å². The Bertz CT molecular complexity index is 1290. The number of carbonyl (C=O) groups excluding carboxylic acids is 2. The van der Waals surface area contributed by atoms with Crippen LogP contribution >= 0.6 is 0 Å². The molecule has 36 heavy (non-hydrogen) atoms. The van der Waals surface area contributed by atoms with Crippen LogP contribution in [0.4, 0.5) is 5.69 Å². The average Bonchev–Trinajstić information content (AvgIpc) is 2.88. The lowest BCUT2D eigenvalue weighted by molar-refractivity contribution is -0.140. The zero-order chi connectivity index (χ0) is 26.3. The maximum Gasteiger partial charge on any atom is 0.264 e. The van der Waals surface area contributed by atoms with E-state index >= 15 is 0 Å². The van der Waals surface area contributed by atoms with Gasteiger partial charge in [-0.2, -0.15) is 0 Å². The van der Waals surface area contributed by atoms with Crippen molar-refractivity contribution in [3.05, 3.63) is 95.6 Å². The molecule has 190 valence electrons. The van der Waals surface area contributed by atoms with Crippen LogP contribution in [0.15, 0.2) is 83.8 Å². The van der Waals surface area contributed by atoms with Crippen LogP contribution in [0.25, 0.3) is 0 Å². The van der Waals surface area contributed by atoms with Crippen LogP contribution in [0, 0.1) is 13.8 Å². The number of nitrogens with zero attached hydrogens (tertiary/aromatic N) is 2. The smallest absolute Gasteiger partial charge is 0.264 e. The monoisotopic (exact) mass is 507 g/mol. The third-order valence-electron chi connectivity index (χ3n) is 6.00. The number of nitrogens with one attached hydrogen (secondary N) is 1. The minimum absolute atomic E-state index is 0.0851. The van der Waals surface area contributed by atoms with Gasteiger partial charge >= 0.3 is 0 Å². The third kappa shape index (κ3) is 6.31. The molecule has 0 saturated heterocycles. The Morgan fingerprint density at radius 1 is 0.889 bits per heavy atom. The van der Waals surface area contributed by atoms with Crippen molar-refractivity contribution in [2.45, 2.75) is 44.7 Å². The van der Waals surface area contributed by atoms with Crippen molar-refractivity contribution >= 4 is 27.5 Å². The number of sulfonamides is 1. The lowest BCUT2D eigenvalue weighted by Crippen LogP contribution is -2.51. The molecule has 8 heteroatoms. The quantitative estimate of drug-likeness (QED) is 0.449. The molecule has 3 aromatic rings. The molecule has 0 spiro atoms. The summed E-state index contributed by atoms with van der Waals surface area (Å²) in [7, 11) is -2.52. The van der Waals surface area contributed by atoms with E-state index in [2.05, 4.69) is 5.32 Å². The van der Waals surface area contributed by atoms with Crippen LogP contribution in [0.1, 0.15) is 30.0 Å². The number of rotatable bonds is 10. The van der Waals surface area contributed by atoms with Gasteiger partial charge in [-0.3, -0.25) is 13.9 Å². The molecular weight excluding hydrogens is 474 g/mol. The molecule has 0 saturated carbocycles. The lowest BCUT2D eigenvalue weighted by atomic mass is 10.1. The van der Waals surface area contributed by atoms with Gasteiger partial charge in [0.15, 0.2) is 0 Å². The summed E-state index contributed by atoms with van der Waals surface area (Å²) in [6, 6.07) is 22.0. The van der Waals surface area contributed by atoms with Crippen molar-refractivity contribution in [3.63, 3.8) is 0 Å². The van der Waals surface area contributed by atoms with Crippen molar-refractivity contribution in [2.24, 2.45) is 0 Å². The Morgan fingerprint density at radius 2 is 1.56 bits per heavy atom. The summed E-state index contributed by atoms with van der Waals surface area (Å²) in [6.45, 7) is 5.43. The molecular formula is C28H33N3O4S. The normalized spacial score (nSPS) is 12.0. The number of hydrogen-bond donors (Lipinski definition) is 1. The highest BCUT2D eigenvalue weighted by molar-refractivity contribution is 7.92. The first kappa shape index (κ1) is 26.9. The molecule has 0 aromatic heterocycles. The van der Waals surface area contributed by atoms with Crippen molar-refractivity contribution in [3.8, 4) is 0 Å². The lowest BCUT2D eigenvalue weighted by Gasteiger charge is -2.33. The second kappa shape index (κ2) is 11.9. The largest absolute Gasteiger partial charge is 0.357 e. The first-order valence-corrected chi connectivity index (χ1v) is 13.3. The molecule has 0 heterocycles. The van der Waals surface area contributed by atoms with Gasteiger partial charge in [-0.15, -0.1) is 0 Å². The molecule has 0 fully saturated rings. The van der Waals surface area contributed by atoms with Gasteiger partial charge in [0.05, 0.1) is 10.6 Å². The average molecular weight is 508 g/mol. The zero-order valence-electron chi connectivity index (χ0n) is 21.1. The zero-order valence-corrected chi connectivity index (χ0v) is 22.0. The highest BCUT2D eigenvalue weighted by Crippen LogP contribution is 2.25. The van der Waals surface area contributed by atoms with Gasteiger partial charge < -0.3 is 10.2 Å². The third-order valence-corrected chi connectivity index (χ3v) is 7.79.